The van der Waals surface area contributed by atoms with Crippen molar-refractivity contribution in [2.75, 3.05) is 7.11 Å². The Morgan fingerprint density at radius 3 is 2.56 bits per heavy atom. The van der Waals surface area contributed by atoms with E-state index < -0.39 is 0 Å². The maximum absolute atomic E-state index is 11.0. The molecule has 16 heavy (non-hydrogen) atoms. The lowest BCUT2D eigenvalue weighted by atomic mass is 10.1. The van der Waals surface area contributed by atoms with Crippen molar-refractivity contribution in [3.8, 4) is 0 Å². The molecule has 0 fully saturated rings. The first-order valence-electron chi connectivity index (χ1n) is 5.21. The number of carbonyl (C=O) groups excluding carboxylic acids is 1. The summed E-state index contributed by atoms with van der Waals surface area (Å²) in [5.41, 5.74) is 1.98. The predicted molar refractivity (Wildman–Crippen MR) is 63.8 cm³/mol. The summed E-state index contributed by atoms with van der Waals surface area (Å²) < 4.78 is 4.55. The fourth-order valence-electron chi connectivity index (χ4n) is 1.44. The summed E-state index contributed by atoms with van der Waals surface area (Å²) in [6.45, 7) is 3.89. The Balaban J connectivity index is 2.61. The van der Waals surface area contributed by atoms with Crippen molar-refractivity contribution in [3.63, 3.8) is 0 Å². The van der Waals surface area contributed by atoms with Gasteiger partial charge in [0.15, 0.2) is 0 Å². The Kier molecular flexibility index (Phi) is 4.58. The predicted octanol–water partition coefficient (Wildman–Crippen LogP) is 2.41. The van der Waals surface area contributed by atoms with Gasteiger partial charge in [-0.3, -0.25) is 0 Å². The van der Waals surface area contributed by atoms with Crippen LogP contribution in [0.1, 0.15) is 25.5 Å². The number of methoxy groups -OCH3 is 1. The van der Waals surface area contributed by atoms with Crippen molar-refractivity contribution < 1.29 is 9.53 Å². The van der Waals surface area contributed by atoms with Gasteiger partial charge in [0, 0.05) is 17.8 Å². The van der Waals surface area contributed by atoms with Gasteiger partial charge in [0.2, 0.25) is 0 Å². The van der Waals surface area contributed by atoms with Crippen molar-refractivity contribution in [1.29, 1.82) is 0 Å². The second-order valence-corrected chi connectivity index (χ2v) is 3.63. The van der Waals surface area contributed by atoms with Crippen LogP contribution >= 0.6 is 0 Å². The van der Waals surface area contributed by atoms with Crippen LogP contribution in [0.25, 0.3) is 0 Å². The molecule has 1 N–H and O–H groups in total. The van der Waals surface area contributed by atoms with Crippen LogP contribution in [0.2, 0.25) is 0 Å². The van der Waals surface area contributed by atoms with Crippen LogP contribution in [0.15, 0.2) is 42.1 Å². The molecule has 3 heteroatoms. The number of rotatable bonds is 4. The summed E-state index contributed by atoms with van der Waals surface area (Å²) in [7, 11) is 1.37. The number of benzene rings is 1. The zero-order chi connectivity index (χ0) is 12.0. The number of hydrogen-bond acceptors (Lipinski definition) is 3. The largest absolute Gasteiger partial charge is 0.466 e. The molecule has 0 saturated carbocycles. The van der Waals surface area contributed by atoms with E-state index in [1.165, 1.54) is 18.7 Å². The highest BCUT2D eigenvalue weighted by Crippen LogP contribution is 2.12. The second-order valence-electron chi connectivity index (χ2n) is 3.63. The molecule has 0 spiro atoms. The van der Waals surface area contributed by atoms with Gasteiger partial charge in [0.25, 0.3) is 0 Å². The van der Waals surface area contributed by atoms with Gasteiger partial charge < -0.3 is 10.1 Å². The highest BCUT2D eigenvalue weighted by molar-refractivity contribution is 5.82. The van der Waals surface area contributed by atoms with E-state index in [1.807, 2.05) is 44.2 Å². The lowest BCUT2D eigenvalue weighted by Gasteiger charge is -2.15. The number of ether oxygens (including phenoxy) is 1. The number of allylic oxidation sites excluding steroid dienone is 1. The maximum atomic E-state index is 11.0. The highest BCUT2D eigenvalue weighted by atomic mass is 16.5. The van der Waals surface area contributed by atoms with E-state index in [9.17, 15) is 4.79 Å². The summed E-state index contributed by atoms with van der Waals surface area (Å²) >= 11 is 0. The summed E-state index contributed by atoms with van der Waals surface area (Å²) in [5, 5.41) is 3.22. The van der Waals surface area contributed by atoms with Gasteiger partial charge in [-0.1, -0.05) is 30.3 Å². The average molecular weight is 219 g/mol. The lowest BCUT2D eigenvalue weighted by Crippen LogP contribution is -2.17. The number of esters is 1. The van der Waals surface area contributed by atoms with E-state index in [0.29, 0.717) is 0 Å². The molecule has 0 unspecified atom stereocenters. The second kappa shape index (κ2) is 5.95. The van der Waals surface area contributed by atoms with Crippen LogP contribution in [-0.4, -0.2) is 13.1 Å². The van der Waals surface area contributed by atoms with E-state index in [4.69, 9.17) is 0 Å². The van der Waals surface area contributed by atoms with Crippen molar-refractivity contribution in [2.24, 2.45) is 0 Å². The molecule has 86 valence electrons. The molecule has 1 aromatic rings. The third kappa shape index (κ3) is 3.77. The Hall–Kier alpha value is -1.77. The lowest BCUT2D eigenvalue weighted by molar-refractivity contribution is -0.134. The van der Waals surface area contributed by atoms with E-state index in [-0.39, 0.29) is 12.0 Å². The summed E-state index contributed by atoms with van der Waals surface area (Å²) in [6.07, 6.45) is 1.44. The fourth-order valence-corrected chi connectivity index (χ4v) is 1.44. The molecule has 1 rings (SSSR count). The minimum atomic E-state index is -0.342. The molecule has 3 nitrogen and oxygen atoms in total. The third-order valence-electron chi connectivity index (χ3n) is 2.28. The van der Waals surface area contributed by atoms with E-state index in [2.05, 4.69) is 10.1 Å². The zero-order valence-electron chi connectivity index (χ0n) is 9.86. The van der Waals surface area contributed by atoms with Crippen LogP contribution in [0, 0.1) is 0 Å². The van der Waals surface area contributed by atoms with Crippen molar-refractivity contribution in [2.45, 2.75) is 19.9 Å². The number of hydrogen-bond donors (Lipinski definition) is 1. The molecule has 0 aliphatic heterocycles. The van der Waals surface area contributed by atoms with Gasteiger partial charge in [-0.05, 0) is 19.4 Å². The van der Waals surface area contributed by atoms with Crippen LogP contribution in [-0.2, 0) is 9.53 Å². The third-order valence-corrected chi connectivity index (χ3v) is 2.28. The topological polar surface area (TPSA) is 38.3 Å². The van der Waals surface area contributed by atoms with Crippen LogP contribution < -0.4 is 5.32 Å². The molecule has 0 aromatic heterocycles. The van der Waals surface area contributed by atoms with Gasteiger partial charge >= 0.3 is 5.97 Å². The van der Waals surface area contributed by atoms with Crippen molar-refractivity contribution in [3.05, 3.63) is 47.7 Å². The van der Waals surface area contributed by atoms with Gasteiger partial charge in [-0.15, -0.1) is 0 Å². The van der Waals surface area contributed by atoms with Gasteiger partial charge in [-0.25, -0.2) is 4.79 Å². The van der Waals surface area contributed by atoms with E-state index in [1.54, 1.807) is 0 Å². The van der Waals surface area contributed by atoms with E-state index in [0.717, 1.165) is 5.70 Å². The Bertz CT molecular complexity index is 371. The summed E-state index contributed by atoms with van der Waals surface area (Å²) in [4.78, 5) is 11.0. The Morgan fingerprint density at radius 2 is 2.00 bits per heavy atom. The van der Waals surface area contributed by atoms with Crippen LogP contribution in [0.5, 0.6) is 0 Å². The first-order valence-corrected chi connectivity index (χ1v) is 5.21. The summed E-state index contributed by atoms with van der Waals surface area (Å²) in [5.74, 6) is -0.342. The Labute approximate surface area is 96.1 Å². The molecule has 0 aliphatic carbocycles. The smallest absolute Gasteiger partial charge is 0.332 e. The first-order chi connectivity index (χ1) is 7.63. The van der Waals surface area contributed by atoms with Crippen molar-refractivity contribution >= 4 is 5.97 Å². The maximum Gasteiger partial charge on any atom is 0.332 e. The minimum Gasteiger partial charge on any atom is -0.466 e. The fraction of sp³-hybridized carbons (Fsp3) is 0.308. The molecule has 0 saturated heterocycles. The Morgan fingerprint density at radius 1 is 1.38 bits per heavy atom. The van der Waals surface area contributed by atoms with Gasteiger partial charge in [0.1, 0.15) is 0 Å². The molecule has 0 bridgehead atoms. The number of nitrogens with one attached hydrogen (secondary N) is 1. The molecule has 0 radical (unpaired) electrons. The van der Waals surface area contributed by atoms with Gasteiger partial charge in [0.05, 0.1) is 7.11 Å². The molecule has 0 heterocycles. The molecule has 1 atom stereocenters. The average Bonchev–Trinajstić information content (AvgIpc) is 2.29. The monoisotopic (exact) mass is 219 g/mol. The van der Waals surface area contributed by atoms with E-state index >= 15 is 0 Å². The highest BCUT2D eigenvalue weighted by Gasteiger charge is 2.04. The molecular formula is C13H17NO2. The number of carbonyl (C=O) groups is 1. The van der Waals surface area contributed by atoms with Crippen LogP contribution in [0.3, 0.4) is 0 Å². The SMILES string of the molecule is COC(=O)/C=C(/C)N[C@@H](C)c1ccccc1. The molecule has 0 aliphatic rings. The normalized spacial score (nSPS) is 13.1. The van der Waals surface area contributed by atoms with Gasteiger partial charge in [-0.2, -0.15) is 0 Å². The zero-order valence-corrected chi connectivity index (χ0v) is 9.86. The summed E-state index contributed by atoms with van der Waals surface area (Å²) in [6, 6.07) is 10.2. The molecule has 0 amide bonds. The molecule has 1 aromatic carbocycles. The van der Waals surface area contributed by atoms with Crippen molar-refractivity contribution in [1.82, 2.24) is 5.32 Å². The van der Waals surface area contributed by atoms with Crippen LogP contribution in [0.4, 0.5) is 0 Å². The molecular weight excluding hydrogens is 202 g/mol. The standard InChI is InChI=1S/C13H17NO2/c1-10(9-13(15)16-3)14-11(2)12-7-5-4-6-8-12/h4-9,11,14H,1-3H3/b10-9-/t11-/m0/s1. The minimum absolute atomic E-state index is 0.169. The quantitative estimate of drug-likeness (QED) is 0.624. The first kappa shape index (κ1) is 12.3.